The predicted molar refractivity (Wildman–Crippen MR) is 89.0 cm³/mol. The Labute approximate surface area is 150 Å². The van der Waals surface area contributed by atoms with E-state index in [-0.39, 0.29) is 35.2 Å². The van der Waals surface area contributed by atoms with E-state index in [1.807, 2.05) is 6.07 Å². The van der Waals surface area contributed by atoms with Crippen molar-refractivity contribution in [2.75, 3.05) is 23.7 Å². The summed E-state index contributed by atoms with van der Waals surface area (Å²) in [5, 5.41) is 25.2. The third kappa shape index (κ3) is 4.73. The molecule has 0 atom stereocenters. The summed E-state index contributed by atoms with van der Waals surface area (Å²) in [4.78, 5) is 13.7. The molecule has 11 heteroatoms. The first-order valence-electron chi connectivity index (χ1n) is 7.11. The molecule has 1 aromatic carbocycles. The molecule has 1 heterocycles. The highest BCUT2D eigenvalue weighted by Gasteiger charge is 2.31. The zero-order valence-electron chi connectivity index (χ0n) is 13.0. The van der Waals surface area contributed by atoms with Crippen LogP contribution in [0.4, 0.5) is 30.4 Å². The molecule has 136 valence electrons. The molecule has 0 aliphatic heterocycles. The fourth-order valence-electron chi connectivity index (χ4n) is 1.99. The van der Waals surface area contributed by atoms with Crippen LogP contribution in [0.15, 0.2) is 30.5 Å². The van der Waals surface area contributed by atoms with E-state index < -0.39 is 16.7 Å². The molecule has 0 aliphatic rings. The molecule has 7 nitrogen and oxygen atoms in total. The van der Waals surface area contributed by atoms with Crippen LogP contribution >= 0.6 is 11.6 Å². The summed E-state index contributed by atoms with van der Waals surface area (Å²) in [6, 6.07) is 6.42. The molecule has 0 radical (unpaired) electrons. The van der Waals surface area contributed by atoms with Crippen LogP contribution in [0, 0.1) is 21.4 Å². The summed E-state index contributed by atoms with van der Waals surface area (Å²) >= 11 is 5.77. The minimum Gasteiger partial charge on any atom is -0.382 e. The molecule has 1 aromatic heterocycles. The van der Waals surface area contributed by atoms with Crippen molar-refractivity contribution in [1.29, 1.82) is 5.26 Å². The van der Waals surface area contributed by atoms with E-state index in [2.05, 4.69) is 15.6 Å². The fraction of sp³-hybridized carbons (Fsp3) is 0.200. The summed E-state index contributed by atoms with van der Waals surface area (Å²) < 4.78 is 37.6. The van der Waals surface area contributed by atoms with E-state index in [4.69, 9.17) is 16.9 Å². The molecular formula is C15H11ClF3N5O2. The Hall–Kier alpha value is -3.06. The Bertz CT molecular complexity index is 867. The van der Waals surface area contributed by atoms with E-state index in [1.165, 1.54) is 12.1 Å². The number of non-ortho nitro benzene ring substituents is 1. The van der Waals surface area contributed by atoms with Crippen molar-refractivity contribution in [3.05, 3.63) is 56.7 Å². The largest absolute Gasteiger partial charge is 0.417 e. The summed E-state index contributed by atoms with van der Waals surface area (Å²) in [6.07, 6.45) is -3.86. The first kappa shape index (κ1) is 19.3. The second-order valence-corrected chi connectivity index (χ2v) is 5.41. The van der Waals surface area contributed by atoms with E-state index in [9.17, 15) is 23.3 Å². The van der Waals surface area contributed by atoms with E-state index >= 15 is 0 Å². The first-order valence-corrected chi connectivity index (χ1v) is 7.49. The number of anilines is 2. The molecule has 0 fully saturated rings. The van der Waals surface area contributed by atoms with Gasteiger partial charge < -0.3 is 10.6 Å². The van der Waals surface area contributed by atoms with Gasteiger partial charge in [0.25, 0.3) is 5.69 Å². The number of nitriles is 1. The van der Waals surface area contributed by atoms with Crippen LogP contribution < -0.4 is 10.6 Å². The Balaban J connectivity index is 1.95. The molecule has 0 bridgehead atoms. The third-order valence-electron chi connectivity index (χ3n) is 3.24. The van der Waals surface area contributed by atoms with Crippen LogP contribution in [-0.2, 0) is 6.18 Å². The molecule has 0 aliphatic carbocycles. The van der Waals surface area contributed by atoms with Crippen LogP contribution in [0.3, 0.4) is 0 Å². The lowest BCUT2D eigenvalue weighted by atomic mass is 10.1. The number of aromatic nitrogens is 1. The maximum Gasteiger partial charge on any atom is 0.417 e. The highest BCUT2D eigenvalue weighted by atomic mass is 35.5. The Morgan fingerprint density at radius 3 is 2.54 bits per heavy atom. The number of halogens is 4. The molecule has 0 spiro atoms. The van der Waals surface area contributed by atoms with E-state index in [0.29, 0.717) is 11.9 Å². The molecule has 26 heavy (non-hydrogen) atoms. The fourth-order valence-corrected chi connectivity index (χ4v) is 2.23. The van der Waals surface area contributed by atoms with Crippen LogP contribution in [0.2, 0.25) is 5.02 Å². The van der Waals surface area contributed by atoms with Gasteiger partial charge in [0.2, 0.25) is 0 Å². The standard InChI is InChI=1S/C15H11ClF3N5O2/c16-12-6-10(15(17,18)19)8-23-14(12)22-4-3-21-13-2-1-11(24(25)26)5-9(13)7-20/h1-2,5-6,8,21H,3-4H2,(H,22,23). The highest BCUT2D eigenvalue weighted by Crippen LogP contribution is 2.32. The van der Waals surface area contributed by atoms with Gasteiger partial charge in [0, 0.05) is 31.4 Å². The Morgan fingerprint density at radius 1 is 1.27 bits per heavy atom. The van der Waals surface area contributed by atoms with Crippen molar-refractivity contribution in [2.45, 2.75) is 6.18 Å². The number of pyridine rings is 1. The minimum absolute atomic E-state index is 0.0886. The van der Waals surface area contributed by atoms with Crippen LogP contribution in [0.5, 0.6) is 0 Å². The van der Waals surface area contributed by atoms with Crippen LogP contribution in [-0.4, -0.2) is 23.0 Å². The summed E-state index contributed by atoms with van der Waals surface area (Å²) in [6.45, 7) is 0.505. The number of nitrogens with zero attached hydrogens (tertiary/aromatic N) is 3. The maximum atomic E-state index is 12.5. The predicted octanol–water partition coefficient (Wildman–Crippen LogP) is 4.06. The lowest BCUT2D eigenvalue weighted by Gasteiger charge is -2.12. The van der Waals surface area contributed by atoms with Gasteiger partial charge >= 0.3 is 6.18 Å². The van der Waals surface area contributed by atoms with Gasteiger partial charge in [-0.15, -0.1) is 0 Å². The number of hydrogen-bond acceptors (Lipinski definition) is 6. The number of hydrogen-bond donors (Lipinski definition) is 2. The number of nitrogens with one attached hydrogen (secondary N) is 2. The molecule has 2 rings (SSSR count). The van der Waals surface area contributed by atoms with Crippen molar-refractivity contribution in [3.8, 4) is 6.07 Å². The SMILES string of the molecule is N#Cc1cc([N+](=O)[O-])ccc1NCCNc1ncc(C(F)(F)F)cc1Cl. The van der Waals surface area contributed by atoms with Crippen molar-refractivity contribution in [1.82, 2.24) is 4.98 Å². The second kappa shape index (κ2) is 7.88. The van der Waals surface area contributed by atoms with Gasteiger partial charge in [0.05, 0.1) is 26.8 Å². The topological polar surface area (TPSA) is 104 Å². The van der Waals surface area contributed by atoms with Gasteiger partial charge in [-0.3, -0.25) is 10.1 Å². The average molecular weight is 386 g/mol. The molecule has 0 saturated heterocycles. The molecular weight excluding hydrogens is 375 g/mol. The van der Waals surface area contributed by atoms with Gasteiger partial charge in [0.15, 0.2) is 0 Å². The monoisotopic (exact) mass is 385 g/mol. The van der Waals surface area contributed by atoms with Gasteiger partial charge in [-0.05, 0) is 12.1 Å². The molecule has 2 aromatic rings. The van der Waals surface area contributed by atoms with Crippen molar-refractivity contribution in [3.63, 3.8) is 0 Å². The third-order valence-corrected chi connectivity index (χ3v) is 3.52. The minimum atomic E-state index is -4.53. The molecule has 2 N–H and O–H groups in total. The number of nitro groups is 1. The maximum absolute atomic E-state index is 12.5. The van der Waals surface area contributed by atoms with Crippen LogP contribution in [0.1, 0.15) is 11.1 Å². The number of rotatable bonds is 6. The summed E-state index contributed by atoms with van der Waals surface area (Å²) in [7, 11) is 0. The normalized spacial score (nSPS) is 10.9. The second-order valence-electron chi connectivity index (χ2n) is 5.00. The zero-order valence-corrected chi connectivity index (χ0v) is 13.7. The Kier molecular flexibility index (Phi) is 5.84. The van der Waals surface area contributed by atoms with Gasteiger partial charge in [-0.2, -0.15) is 18.4 Å². The van der Waals surface area contributed by atoms with Crippen molar-refractivity contribution >= 4 is 28.8 Å². The summed E-state index contributed by atoms with van der Waals surface area (Å²) in [5.74, 6) is 0.0886. The lowest BCUT2D eigenvalue weighted by molar-refractivity contribution is -0.384. The Morgan fingerprint density at radius 2 is 1.96 bits per heavy atom. The van der Waals surface area contributed by atoms with Gasteiger partial charge in [0.1, 0.15) is 11.9 Å². The quantitative estimate of drug-likeness (QED) is 0.441. The lowest BCUT2D eigenvalue weighted by Crippen LogP contribution is -2.15. The zero-order chi connectivity index (χ0) is 19.3. The first-order chi connectivity index (χ1) is 12.2. The van der Waals surface area contributed by atoms with Gasteiger partial charge in [-0.25, -0.2) is 4.98 Å². The molecule has 0 amide bonds. The van der Waals surface area contributed by atoms with E-state index in [0.717, 1.165) is 12.1 Å². The molecule has 0 saturated carbocycles. The van der Waals surface area contributed by atoms with Crippen LogP contribution in [0.25, 0.3) is 0 Å². The van der Waals surface area contributed by atoms with Crippen molar-refractivity contribution < 1.29 is 18.1 Å². The van der Waals surface area contributed by atoms with Crippen molar-refractivity contribution in [2.24, 2.45) is 0 Å². The smallest absolute Gasteiger partial charge is 0.382 e. The van der Waals surface area contributed by atoms with Gasteiger partial charge in [-0.1, -0.05) is 11.6 Å². The number of benzene rings is 1. The number of nitro benzene ring substituents is 1. The number of alkyl halides is 3. The average Bonchev–Trinajstić information content (AvgIpc) is 2.58. The highest BCUT2D eigenvalue weighted by molar-refractivity contribution is 6.32. The summed E-state index contributed by atoms with van der Waals surface area (Å²) in [5.41, 5.74) is -0.655. The van der Waals surface area contributed by atoms with E-state index in [1.54, 1.807) is 0 Å². The molecule has 0 unspecified atom stereocenters.